The number of likely N-dealkylation sites (N-methyl/N-ethyl adjacent to an activating group) is 1. The molecule has 0 aromatic carbocycles. The number of nitrogens with zero attached hydrogens (tertiary/aromatic N) is 3. The van der Waals surface area contributed by atoms with E-state index < -0.39 is 0 Å². The lowest BCUT2D eigenvalue weighted by Crippen LogP contribution is -2.31. The smallest absolute Gasteiger partial charge is 0.186 e. The zero-order chi connectivity index (χ0) is 10.1. The van der Waals surface area contributed by atoms with Crippen molar-refractivity contribution in [3.05, 3.63) is 10.5 Å². The van der Waals surface area contributed by atoms with Crippen LogP contribution in [0.25, 0.3) is 0 Å². The summed E-state index contributed by atoms with van der Waals surface area (Å²) in [6, 6.07) is 0.651. The summed E-state index contributed by atoms with van der Waals surface area (Å²) in [5.41, 5.74) is 0. The van der Waals surface area contributed by atoms with Gasteiger partial charge in [-0.2, -0.15) is 0 Å². The molecule has 0 radical (unpaired) electrons. The molecular formula is C9H14ClN3S. The lowest BCUT2D eigenvalue weighted by Gasteiger charge is -2.19. The normalized spacial score (nSPS) is 22.3. The maximum atomic E-state index is 5.80. The zero-order valence-corrected chi connectivity index (χ0v) is 9.98. The van der Waals surface area contributed by atoms with Crippen LogP contribution in [0, 0.1) is 0 Å². The Balaban J connectivity index is 2.02. The van der Waals surface area contributed by atoms with Crippen molar-refractivity contribution in [2.75, 3.05) is 32.1 Å². The number of hydrogen-bond donors (Lipinski definition) is 0. The molecule has 0 N–H and O–H groups in total. The fraction of sp³-hybridized carbons (Fsp3) is 0.667. The minimum absolute atomic E-state index is 0.610. The van der Waals surface area contributed by atoms with Gasteiger partial charge in [-0.05, 0) is 20.5 Å². The van der Waals surface area contributed by atoms with E-state index in [-0.39, 0.29) is 0 Å². The van der Waals surface area contributed by atoms with Gasteiger partial charge in [0.1, 0.15) is 5.15 Å². The molecule has 1 aliphatic heterocycles. The lowest BCUT2D eigenvalue weighted by molar-refractivity contribution is 0.315. The molecule has 0 bridgehead atoms. The minimum Gasteiger partial charge on any atom is -0.346 e. The van der Waals surface area contributed by atoms with Crippen molar-refractivity contribution in [2.45, 2.75) is 12.5 Å². The van der Waals surface area contributed by atoms with Crippen LogP contribution in [0.2, 0.25) is 5.15 Å². The second kappa shape index (κ2) is 4.04. The molecule has 3 nitrogen and oxygen atoms in total. The minimum atomic E-state index is 0.610. The molecular weight excluding hydrogens is 218 g/mol. The molecule has 2 heterocycles. The highest BCUT2D eigenvalue weighted by molar-refractivity contribution is 7.14. The third-order valence-electron chi connectivity index (χ3n) is 2.63. The van der Waals surface area contributed by atoms with E-state index in [2.05, 4.69) is 28.9 Å². The Morgan fingerprint density at radius 2 is 2.43 bits per heavy atom. The first-order valence-electron chi connectivity index (χ1n) is 4.69. The fourth-order valence-electron chi connectivity index (χ4n) is 1.73. The molecule has 78 valence electrons. The van der Waals surface area contributed by atoms with Crippen molar-refractivity contribution in [2.24, 2.45) is 0 Å². The second-order valence-corrected chi connectivity index (χ2v) is 5.03. The van der Waals surface area contributed by atoms with Crippen LogP contribution in [0.1, 0.15) is 6.42 Å². The van der Waals surface area contributed by atoms with Gasteiger partial charge >= 0.3 is 0 Å². The van der Waals surface area contributed by atoms with Gasteiger partial charge in [0.2, 0.25) is 0 Å². The molecule has 5 heteroatoms. The molecule has 0 spiro atoms. The predicted octanol–water partition coefficient (Wildman–Crippen LogP) is 1.94. The van der Waals surface area contributed by atoms with Gasteiger partial charge in [0.25, 0.3) is 0 Å². The van der Waals surface area contributed by atoms with E-state index in [1.165, 1.54) is 6.42 Å². The maximum absolute atomic E-state index is 5.80. The van der Waals surface area contributed by atoms with E-state index in [0.717, 1.165) is 18.2 Å². The number of hydrogen-bond acceptors (Lipinski definition) is 4. The van der Waals surface area contributed by atoms with Crippen LogP contribution in [0.4, 0.5) is 5.13 Å². The zero-order valence-electron chi connectivity index (χ0n) is 8.40. The molecule has 1 aromatic rings. The standard InChI is InChI=1S/C9H14ClN3S/c1-12(2)7-3-4-13(5-7)9-11-8(10)6-14-9/h6-7H,3-5H2,1-2H3. The Bertz CT molecular complexity index is 313. The highest BCUT2D eigenvalue weighted by atomic mass is 35.5. The van der Waals surface area contributed by atoms with Gasteiger partial charge in [0.15, 0.2) is 5.13 Å². The summed E-state index contributed by atoms with van der Waals surface area (Å²) in [5, 5.41) is 3.55. The van der Waals surface area contributed by atoms with Gasteiger partial charge in [-0.1, -0.05) is 11.6 Å². The van der Waals surface area contributed by atoms with Crippen molar-refractivity contribution in [1.29, 1.82) is 0 Å². The first-order chi connectivity index (χ1) is 6.66. The quantitative estimate of drug-likeness (QED) is 0.776. The Kier molecular flexibility index (Phi) is 2.95. The Morgan fingerprint density at radius 3 is 2.93 bits per heavy atom. The summed E-state index contributed by atoms with van der Waals surface area (Å²) < 4.78 is 0. The van der Waals surface area contributed by atoms with Crippen molar-refractivity contribution in [3.8, 4) is 0 Å². The van der Waals surface area contributed by atoms with Gasteiger partial charge < -0.3 is 9.80 Å². The van der Waals surface area contributed by atoms with E-state index in [4.69, 9.17) is 11.6 Å². The maximum Gasteiger partial charge on any atom is 0.186 e. The number of halogens is 1. The summed E-state index contributed by atoms with van der Waals surface area (Å²) in [5.74, 6) is 0. The number of aromatic nitrogens is 1. The van der Waals surface area contributed by atoms with Crippen molar-refractivity contribution < 1.29 is 0 Å². The molecule has 14 heavy (non-hydrogen) atoms. The van der Waals surface area contributed by atoms with Gasteiger partial charge in [0.05, 0.1) is 0 Å². The van der Waals surface area contributed by atoms with E-state index in [1.54, 1.807) is 11.3 Å². The Labute approximate surface area is 93.3 Å². The molecule has 0 amide bonds. The molecule has 1 saturated heterocycles. The van der Waals surface area contributed by atoms with Crippen molar-refractivity contribution in [3.63, 3.8) is 0 Å². The number of rotatable bonds is 2. The van der Waals surface area contributed by atoms with Crippen LogP contribution in [-0.4, -0.2) is 43.1 Å². The van der Waals surface area contributed by atoms with E-state index in [1.807, 2.05) is 5.38 Å². The lowest BCUT2D eigenvalue weighted by atomic mass is 10.2. The fourth-order valence-corrected chi connectivity index (χ4v) is 2.71. The van der Waals surface area contributed by atoms with Gasteiger partial charge in [-0.3, -0.25) is 0 Å². The molecule has 1 fully saturated rings. The van der Waals surface area contributed by atoms with Crippen LogP contribution in [0.3, 0.4) is 0 Å². The number of thiazole rings is 1. The van der Waals surface area contributed by atoms with Crippen LogP contribution >= 0.6 is 22.9 Å². The third kappa shape index (κ3) is 2.02. The predicted molar refractivity (Wildman–Crippen MR) is 61.4 cm³/mol. The van der Waals surface area contributed by atoms with E-state index >= 15 is 0 Å². The Morgan fingerprint density at radius 1 is 1.64 bits per heavy atom. The van der Waals surface area contributed by atoms with Crippen molar-refractivity contribution >= 4 is 28.1 Å². The molecule has 1 unspecified atom stereocenters. The first-order valence-corrected chi connectivity index (χ1v) is 5.95. The van der Waals surface area contributed by atoms with Gasteiger partial charge in [-0.25, -0.2) is 4.98 Å². The first kappa shape index (κ1) is 10.2. The van der Waals surface area contributed by atoms with Gasteiger partial charge in [-0.15, -0.1) is 11.3 Å². The SMILES string of the molecule is CN(C)C1CCN(c2nc(Cl)cs2)C1. The van der Waals surface area contributed by atoms with Crippen molar-refractivity contribution in [1.82, 2.24) is 9.88 Å². The molecule has 1 aliphatic rings. The average Bonchev–Trinajstić information content (AvgIpc) is 2.70. The van der Waals surface area contributed by atoms with Crippen LogP contribution in [0.15, 0.2) is 5.38 Å². The molecule has 0 saturated carbocycles. The van der Waals surface area contributed by atoms with Crippen LogP contribution < -0.4 is 4.90 Å². The third-order valence-corrected chi connectivity index (χ3v) is 3.85. The van der Waals surface area contributed by atoms with Crippen LogP contribution in [-0.2, 0) is 0 Å². The monoisotopic (exact) mass is 231 g/mol. The molecule has 1 aromatic heterocycles. The highest BCUT2D eigenvalue weighted by Gasteiger charge is 2.25. The summed E-state index contributed by atoms with van der Waals surface area (Å²) in [7, 11) is 4.26. The summed E-state index contributed by atoms with van der Waals surface area (Å²) in [6.45, 7) is 2.16. The molecule has 0 aliphatic carbocycles. The van der Waals surface area contributed by atoms with Gasteiger partial charge in [0, 0.05) is 24.5 Å². The average molecular weight is 232 g/mol. The summed E-state index contributed by atoms with van der Waals surface area (Å²) in [4.78, 5) is 8.86. The van der Waals surface area contributed by atoms with Crippen LogP contribution in [0.5, 0.6) is 0 Å². The second-order valence-electron chi connectivity index (χ2n) is 3.80. The van der Waals surface area contributed by atoms with E-state index in [0.29, 0.717) is 11.2 Å². The van der Waals surface area contributed by atoms with E-state index in [9.17, 15) is 0 Å². The largest absolute Gasteiger partial charge is 0.346 e. The number of anilines is 1. The summed E-state index contributed by atoms with van der Waals surface area (Å²) >= 11 is 7.42. The molecule has 2 rings (SSSR count). The highest BCUT2D eigenvalue weighted by Crippen LogP contribution is 2.27. The Hall–Kier alpha value is -0.320. The molecule has 1 atom stereocenters. The summed E-state index contributed by atoms with van der Waals surface area (Å²) in [6.07, 6.45) is 1.21. The topological polar surface area (TPSA) is 19.4 Å².